The van der Waals surface area contributed by atoms with E-state index in [1.165, 1.54) is 16.8 Å². The molecule has 1 aromatic heterocycles. The maximum absolute atomic E-state index is 11.6. The Morgan fingerprint density at radius 3 is 2.78 bits per heavy atom. The van der Waals surface area contributed by atoms with Gasteiger partial charge in [-0.25, -0.2) is 4.79 Å². The first-order valence-corrected chi connectivity index (χ1v) is 6.01. The van der Waals surface area contributed by atoms with Gasteiger partial charge in [-0.2, -0.15) is 0 Å². The molecule has 0 fully saturated rings. The van der Waals surface area contributed by atoms with E-state index in [2.05, 4.69) is 20.9 Å². The van der Waals surface area contributed by atoms with Gasteiger partial charge in [0.15, 0.2) is 0 Å². The van der Waals surface area contributed by atoms with E-state index in [1.807, 2.05) is 18.2 Å². The minimum absolute atomic E-state index is 0.332. The Labute approximate surface area is 111 Å². The zero-order chi connectivity index (χ0) is 13.1. The summed E-state index contributed by atoms with van der Waals surface area (Å²) in [5.74, 6) is 0.691. The van der Waals surface area contributed by atoms with Gasteiger partial charge in [-0.15, -0.1) is 0 Å². The van der Waals surface area contributed by atoms with Gasteiger partial charge >= 0.3 is 5.69 Å². The fourth-order valence-electron chi connectivity index (χ4n) is 1.62. The molecule has 5 nitrogen and oxygen atoms in total. The van der Waals surface area contributed by atoms with Gasteiger partial charge in [0.1, 0.15) is 5.75 Å². The fraction of sp³-hybridized carbons (Fsp3) is 0.167. The van der Waals surface area contributed by atoms with Crippen LogP contribution in [0.15, 0.2) is 44.5 Å². The molecule has 0 aliphatic heterocycles. The molecule has 94 valence electrons. The van der Waals surface area contributed by atoms with Crippen molar-refractivity contribution in [2.24, 2.45) is 0 Å². The molecule has 0 saturated heterocycles. The summed E-state index contributed by atoms with van der Waals surface area (Å²) in [7, 11) is 1.57. The number of benzene rings is 1. The molecule has 2 rings (SSSR count). The Kier molecular flexibility index (Phi) is 3.66. The molecule has 6 heteroatoms. The monoisotopic (exact) mass is 310 g/mol. The zero-order valence-corrected chi connectivity index (χ0v) is 11.2. The van der Waals surface area contributed by atoms with Gasteiger partial charge in [-0.05, 0) is 18.2 Å². The molecule has 1 aromatic carbocycles. The molecule has 0 saturated carbocycles. The number of ether oxygens (including phenoxy) is 1. The van der Waals surface area contributed by atoms with Crippen molar-refractivity contribution < 1.29 is 4.74 Å². The molecule has 0 spiro atoms. The first-order valence-electron chi connectivity index (χ1n) is 5.22. The summed E-state index contributed by atoms with van der Waals surface area (Å²) in [6, 6.07) is 6.86. The Balaban J connectivity index is 2.42. The number of hydrogen-bond donors (Lipinski definition) is 1. The minimum Gasteiger partial charge on any atom is -0.496 e. The number of hydrogen-bond acceptors (Lipinski definition) is 3. The van der Waals surface area contributed by atoms with Gasteiger partial charge in [0.25, 0.3) is 5.56 Å². The van der Waals surface area contributed by atoms with Gasteiger partial charge in [0.05, 0.1) is 13.7 Å². The second-order valence-electron chi connectivity index (χ2n) is 3.69. The van der Waals surface area contributed by atoms with E-state index in [1.54, 1.807) is 7.11 Å². The first-order chi connectivity index (χ1) is 8.60. The summed E-state index contributed by atoms with van der Waals surface area (Å²) in [6.45, 7) is 0.332. The van der Waals surface area contributed by atoms with Gasteiger partial charge in [0, 0.05) is 22.3 Å². The summed E-state index contributed by atoms with van der Waals surface area (Å²) in [5.41, 5.74) is 0.00279. The molecule has 0 bridgehead atoms. The number of aromatic nitrogens is 2. The second kappa shape index (κ2) is 5.22. The van der Waals surface area contributed by atoms with E-state index in [0.717, 1.165) is 10.0 Å². The van der Waals surface area contributed by atoms with E-state index in [9.17, 15) is 9.59 Å². The summed E-state index contributed by atoms with van der Waals surface area (Å²) >= 11 is 3.37. The van der Waals surface area contributed by atoms with Crippen LogP contribution in [0, 0.1) is 0 Å². The Morgan fingerprint density at radius 1 is 1.33 bits per heavy atom. The molecular weight excluding hydrogens is 300 g/mol. The van der Waals surface area contributed by atoms with Crippen LogP contribution in [0.5, 0.6) is 5.75 Å². The lowest BCUT2D eigenvalue weighted by Gasteiger charge is -2.10. The maximum Gasteiger partial charge on any atom is 0.328 e. The SMILES string of the molecule is COc1ccc(Br)cc1Cn1ccc(=O)[nH]c1=O. The molecule has 0 radical (unpaired) electrons. The molecule has 1 N–H and O–H groups in total. The number of aromatic amines is 1. The van der Waals surface area contributed by atoms with Crippen LogP contribution in [0.4, 0.5) is 0 Å². The fourth-order valence-corrected chi connectivity index (χ4v) is 2.03. The summed E-state index contributed by atoms with van der Waals surface area (Å²) < 4.78 is 7.54. The molecule has 0 unspecified atom stereocenters. The van der Waals surface area contributed by atoms with Crippen LogP contribution in [0.3, 0.4) is 0 Å². The predicted molar refractivity (Wildman–Crippen MR) is 71.1 cm³/mol. The lowest BCUT2D eigenvalue weighted by atomic mass is 10.2. The third-order valence-corrected chi connectivity index (χ3v) is 2.97. The second-order valence-corrected chi connectivity index (χ2v) is 4.61. The average Bonchev–Trinajstić information content (AvgIpc) is 2.33. The molecule has 0 amide bonds. The molecule has 18 heavy (non-hydrogen) atoms. The first kappa shape index (κ1) is 12.6. The van der Waals surface area contributed by atoms with Crippen molar-refractivity contribution in [1.82, 2.24) is 9.55 Å². The Morgan fingerprint density at radius 2 is 2.11 bits per heavy atom. The van der Waals surface area contributed by atoms with Crippen molar-refractivity contribution in [3.05, 3.63) is 61.3 Å². The van der Waals surface area contributed by atoms with Crippen molar-refractivity contribution >= 4 is 15.9 Å². The van der Waals surface area contributed by atoms with Gasteiger partial charge in [-0.3, -0.25) is 14.3 Å². The molecule has 2 aromatic rings. The average molecular weight is 311 g/mol. The van der Waals surface area contributed by atoms with Crippen LogP contribution in [-0.4, -0.2) is 16.7 Å². The standard InChI is InChI=1S/C12H11BrN2O3/c1-18-10-3-2-9(13)6-8(10)7-15-5-4-11(16)14-12(15)17/h2-6H,7H2,1H3,(H,14,16,17). The van der Waals surface area contributed by atoms with Crippen LogP contribution < -0.4 is 16.0 Å². The highest BCUT2D eigenvalue weighted by molar-refractivity contribution is 9.10. The smallest absolute Gasteiger partial charge is 0.328 e. The Bertz CT molecular complexity index is 676. The van der Waals surface area contributed by atoms with Crippen molar-refractivity contribution in [2.45, 2.75) is 6.54 Å². The van der Waals surface area contributed by atoms with Crippen LogP contribution in [0.1, 0.15) is 5.56 Å². The lowest BCUT2D eigenvalue weighted by molar-refractivity contribution is 0.408. The third-order valence-electron chi connectivity index (χ3n) is 2.48. The minimum atomic E-state index is -0.440. The molecular formula is C12H11BrN2O3. The number of nitrogens with zero attached hydrogens (tertiary/aromatic N) is 1. The molecule has 1 heterocycles. The number of halogens is 1. The van der Waals surface area contributed by atoms with Crippen LogP contribution >= 0.6 is 15.9 Å². The highest BCUT2D eigenvalue weighted by atomic mass is 79.9. The van der Waals surface area contributed by atoms with E-state index in [0.29, 0.717) is 12.3 Å². The van der Waals surface area contributed by atoms with E-state index in [4.69, 9.17) is 4.74 Å². The molecule has 0 aliphatic carbocycles. The quantitative estimate of drug-likeness (QED) is 0.931. The number of nitrogens with one attached hydrogen (secondary N) is 1. The summed E-state index contributed by atoms with van der Waals surface area (Å²) in [4.78, 5) is 24.8. The van der Waals surface area contributed by atoms with Crippen molar-refractivity contribution in [3.63, 3.8) is 0 Å². The normalized spacial score (nSPS) is 10.3. The van der Waals surface area contributed by atoms with E-state index < -0.39 is 11.2 Å². The van der Waals surface area contributed by atoms with Crippen LogP contribution in [0.2, 0.25) is 0 Å². The van der Waals surface area contributed by atoms with Gasteiger partial charge < -0.3 is 4.74 Å². The van der Waals surface area contributed by atoms with Gasteiger partial charge in [-0.1, -0.05) is 15.9 Å². The predicted octanol–water partition coefficient (Wildman–Crippen LogP) is 1.36. The largest absolute Gasteiger partial charge is 0.496 e. The van der Waals surface area contributed by atoms with Crippen LogP contribution in [-0.2, 0) is 6.54 Å². The maximum atomic E-state index is 11.6. The Hall–Kier alpha value is -1.82. The highest BCUT2D eigenvalue weighted by Crippen LogP contribution is 2.23. The number of H-pyrrole nitrogens is 1. The van der Waals surface area contributed by atoms with Crippen molar-refractivity contribution in [2.75, 3.05) is 7.11 Å². The number of methoxy groups -OCH3 is 1. The zero-order valence-electron chi connectivity index (χ0n) is 9.64. The summed E-state index contributed by atoms with van der Waals surface area (Å²) in [5, 5.41) is 0. The molecule has 0 aliphatic rings. The summed E-state index contributed by atoms with van der Waals surface area (Å²) in [6.07, 6.45) is 1.46. The van der Waals surface area contributed by atoms with Crippen LogP contribution in [0.25, 0.3) is 0 Å². The third kappa shape index (κ3) is 2.70. The highest BCUT2D eigenvalue weighted by Gasteiger charge is 2.05. The van der Waals surface area contributed by atoms with Gasteiger partial charge in [0.2, 0.25) is 0 Å². The topological polar surface area (TPSA) is 64.1 Å². The van der Waals surface area contributed by atoms with Crippen molar-refractivity contribution in [3.8, 4) is 5.75 Å². The number of rotatable bonds is 3. The molecule has 0 atom stereocenters. The van der Waals surface area contributed by atoms with E-state index >= 15 is 0 Å². The lowest BCUT2D eigenvalue weighted by Crippen LogP contribution is -2.28. The van der Waals surface area contributed by atoms with Crippen molar-refractivity contribution in [1.29, 1.82) is 0 Å². The van der Waals surface area contributed by atoms with E-state index in [-0.39, 0.29) is 0 Å².